The Hall–Kier alpha value is -2.58. The molecule has 0 bridgehead atoms. The third-order valence-corrected chi connectivity index (χ3v) is 3.86. The monoisotopic (exact) mass is 339 g/mol. The molecule has 2 atom stereocenters. The van der Waals surface area contributed by atoms with Crippen LogP contribution in [0.15, 0.2) is 30.3 Å². The Morgan fingerprint density at radius 2 is 2.04 bits per heavy atom. The molecule has 1 aromatic heterocycles. The summed E-state index contributed by atoms with van der Waals surface area (Å²) in [6.07, 6.45) is -4.13. The fourth-order valence-corrected chi connectivity index (χ4v) is 2.50. The van der Waals surface area contributed by atoms with Crippen LogP contribution in [0.5, 0.6) is 0 Å². The summed E-state index contributed by atoms with van der Waals surface area (Å²) in [7, 11) is 0. The van der Waals surface area contributed by atoms with Gasteiger partial charge in [-0.25, -0.2) is 9.48 Å². The van der Waals surface area contributed by atoms with Crippen molar-refractivity contribution in [3.63, 3.8) is 0 Å². The first-order chi connectivity index (χ1) is 11.3. The maximum absolute atomic E-state index is 12.4. The number of aryl methyl sites for hydroxylation is 1. The summed E-state index contributed by atoms with van der Waals surface area (Å²) in [5.41, 5.74) is 0.793. The molecule has 0 unspecified atom stereocenters. The first kappa shape index (κ1) is 16.3. The predicted octanol–water partition coefficient (Wildman–Crippen LogP) is 2.90. The Morgan fingerprint density at radius 1 is 1.33 bits per heavy atom. The van der Waals surface area contributed by atoms with E-state index in [1.807, 2.05) is 30.3 Å². The normalized spacial score (nSPS) is 19.8. The minimum atomic E-state index is -4.18. The van der Waals surface area contributed by atoms with Crippen LogP contribution < -0.4 is 10.6 Å². The molecule has 1 saturated carbocycles. The zero-order valence-corrected chi connectivity index (χ0v) is 12.8. The molecule has 0 saturated heterocycles. The molecule has 6 nitrogen and oxygen atoms in total. The van der Waals surface area contributed by atoms with E-state index in [-0.39, 0.29) is 18.9 Å². The average molecular weight is 339 g/mol. The van der Waals surface area contributed by atoms with Crippen LogP contribution in [0.2, 0.25) is 0 Å². The highest BCUT2D eigenvalue weighted by atomic mass is 19.4. The number of halogens is 3. The second-order valence-corrected chi connectivity index (χ2v) is 5.71. The van der Waals surface area contributed by atoms with Crippen molar-refractivity contribution in [3.8, 4) is 5.69 Å². The summed E-state index contributed by atoms with van der Waals surface area (Å²) in [6.45, 7) is 1.72. The van der Waals surface area contributed by atoms with Gasteiger partial charge in [0.1, 0.15) is 5.82 Å². The minimum Gasteiger partial charge on any atom is -0.337 e. The first-order valence-electron chi connectivity index (χ1n) is 7.45. The van der Waals surface area contributed by atoms with Gasteiger partial charge in [0.15, 0.2) is 0 Å². The Morgan fingerprint density at radius 3 is 2.67 bits per heavy atom. The Balaban J connectivity index is 1.54. The molecule has 1 heterocycles. The lowest BCUT2D eigenvalue weighted by Gasteiger charge is -2.06. The van der Waals surface area contributed by atoms with E-state index < -0.39 is 24.0 Å². The smallest absolute Gasteiger partial charge is 0.337 e. The van der Waals surface area contributed by atoms with Gasteiger partial charge in [-0.15, -0.1) is 5.10 Å². The number of carbonyl (C=O) groups is 1. The molecule has 0 spiro atoms. The van der Waals surface area contributed by atoms with Crippen molar-refractivity contribution >= 4 is 12.0 Å². The molecule has 2 amide bonds. The highest BCUT2D eigenvalue weighted by Crippen LogP contribution is 2.49. The number of hydrogen-bond donors (Lipinski definition) is 2. The number of amides is 2. The molecular weight excluding hydrogens is 323 g/mol. The number of carbonyl (C=O) groups excluding carboxylic acids is 1. The first-order valence-corrected chi connectivity index (χ1v) is 7.45. The van der Waals surface area contributed by atoms with Crippen LogP contribution in [0.4, 0.5) is 23.9 Å². The molecular formula is C15H16F3N5O. The predicted molar refractivity (Wildman–Crippen MR) is 80.8 cm³/mol. The van der Waals surface area contributed by atoms with Crippen LogP contribution in [0, 0.1) is 18.8 Å². The minimum absolute atomic E-state index is 0.0195. The van der Waals surface area contributed by atoms with Gasteiger partial charge in [0, 0.05) is 6.54 Å². The van der Waals surface area contributed by atoms with Crippen LogP contribution in [0.1, 0.15) is 12.2 Å². The number of hydrogen-bond acceptors (Lipinski definition) is 3. The molecule has 2 aromatic rings. The fraction of sp³-hybridized carbons (Fsp3) is 0.400. The number of benzene rings is 1. The summed E-state index contributed by atoms with van der Waals surface area (Å²) in [4.78, 5) is 15.9. The lowest BCUT2D eigenvalue weighted by atomic mass is 10.3. The Bertz CT molecular complexity index is 728. The maximum atomic E-state index is 12.4. The average Bonchev–Trinajstić information content (AvgIpc) is 3.23. The summed E-state index contributed by atoms with van der Waals surface area (Å²) < 4.78 is 38.8. The molecule has 1 aliphatic carbocycles. The molecule has 128 valence electrons. The van der Waals surface area contributed by atoms with E-state index in [4.69, 9.17) is 0 Å². The van der Waals surface area contributed by atoms with Gasteiger partial charge in [-0.1, -0.05) is 18.2 Å². The van der Waals surface area contributed by atoms with E-state index >= 15 is 0 Å². The highest BCUT2D eigenvalue weighted by Gasteiger charge is 2.55. The van der Waals surface area contributed by atoms with Gasteiger partial charge in [-0.2, -0.15) is 18.2 Å². The molecule has 2 N–H and O–H groups in total. The summed E-state index contributed by atoms with van der Waals surface area (Å²) in [6, 6.07) is 8.64. The number of para-hydroxylation sites is 1. The van der Waals surface area contributed by atoms with Crippen molar-refractivity contribution in [3.05, 3.63) is 36.2 Å². The number of rotatable bonds is 4. The van der Waals surface area contributed by atoms with Gasteiger partial charge in [-0.05, 0) is 31.4 Å². The highest BCUT2D eigenvalue weighted by molar-refractivity contribution is 5.87. The van der Waals surface area contributed by atoms with Crippen molar-refractivity contribution in [1.82, 2.24) is 20.1 Å². The quantitative estimate of drug-likeness (QED) is 0.900. The molecule has 9 heteroatoms. The zero-order chi connectivity index (χ0) is 17.3. The van der Waals surface area contributed by atoms with Crippen LogP contribution in [-0.2, 0) is 0 Å². The van der Waals surface area contributed by atoms with Crippen molar-refractivity contribution in [2.24, 2.45) is 11.8 Å². The Kier molecular flexibility index (Phi) is 4.16. The van der Waals surface area contributed by atoms with Crippen molar-refractivity contribution in [2.45, 2.75) is 19.5 Å². The molecule has 3 rings (SSSR count). The van der Waals surface area contributed by atoms with Gasteiger partial charge in [0.05, 0.1) is 11.6 Å². The lowest BCUT2D eigenvalue weighted by molar-refractivity contribution is -0.150. The molecule has 1 aromatic carbocycles. The third kappa shape index (κ3) is 3.66. The molecule has 0 radical (unpaired) electrons. The molecule has 1 fully saturated rings. The summed E-state index contributed by atoms with van der Waals surface area (Å²) in [5.74, 6) is -1.18. The van der Waals surface area contributed by atoms with E-state index in [9.17, 15) is 18.0 Å². The molecule has 1 aliphatic rings. The van der Waals surface area contributed by atoms with Crippen LogP contribution in [-0.4, -0.2) is 33.5 Å². The topological polar surface area (TPSA) is 71.8 Å². The maximum Gasteiger partial charge on any atom is 0.392 e. The van der Waals surface area contributed by atoms with Gasteiger partial charge in [0.25, 0.3) is 5.95 Å². The van der Waals surface area contributed by atoms with Gasteiger partial charge in [-0.3, -0.25) is 5.32 Å². The van der Waals surface area contributed by atoms with Gasteiger partial charge < -0.3 is 5.32 Å². The standard InChI is InChI=1S/C15H16F3N5O/c1-9-20-13(22-23(9)11-5-3-2-4-6-11)21-14(24)19-8-10-7-12(10)15(16,17)18/h2-6,10,12H,7-8H2,1H3,(H2,19,21,22,24)/t10-,12+/m0/s1. The van der Waals surface area contributed by atoms with Crippen LogP contribution in [0.25, 0.3) is 5.69 Å². The number of nitrogens with zero attached hydrogens (tertiary/aromatic N) is 3. The zero-order valence-electron chi connectivity index (χ0n) is 12.8. The largest absolute Gasteiger partial charge is 0.392 e. The fourth-order valence-electron chi connectivity index (χ4n) is 2.50. The van der Waals surface area contributed by atoms with Crippen molar-refractivity contribution in [1.29, 1.82) is 0 Å². The van der Waals surface area contributed by atoms with Gasteiger partial charge >= 0.3 is 12.2 Å². The summed E-state index contributed by atoms with van der Waals surface area (Å²) >= 11 is 0. The second-order valence-electron chi connectivity index (χ2n) is 5.71. The third-order valence-electron chi connectivity index (χ3n) is 3.86. The van der Waals surface area contributed by atoms with Gasteiger partial charge in [0.2, 0.25) is 0 Å². The van der Waals surface area contributed by atoms with Crippen molar-refractivity contribution < 1.29 is 18.0 Å². The lowest BCUT2D eigenvalue weighted by Crippen LogP contribution is -2.31. The number of aromatic nitrogens is 3. The van der Waals surface area contributed by atoms with E-state index in [1.165, 1.54) is 0 Å². The van der Waals surface area contributed by atoms with E-state index in [1.54, 1.807) is 11.6 Å². The second kappa shape index (κ2) is 6.14. The van der Waals surface area contributed by atoms with Crippen LogP contribution in [0.3, 0.4) is 0 Å². The van der Waals surface area contributed by atoms with E-state index in [2.05, 4.69) is 20.7 Å². The molecule has 24 heavy (non-hydrogen) atoms. The molecule has 0 aliphatic heterocycles. The number of alkyl halides is 3. The summed E-state index contributed by atoms with van der Waals surface area (Å²) in [5, 5.41) is 9.03. The SMILES string of the molecule is Cc1nc(NC(=O)NC[C@@H]2C[C@H]2C(F)(F)F)nn1-c1ccccc1. The number of nitrogens with one attached hydrogen (secondary N) is 2. The Labute approximate surface area is 136 Å². The van der Waals surface area contributed by atoms with E-state index in [0.29, 0.717) is 5.82 Å². The van der Waals surface area contributed by atoms with E-state index in [0.717, 1.165) is 5.69 Å². The number of urea groups is 1. The van der Waals surface area contributed by atoms with Crippen LogP contribution >= 0.6 is 0 Å². The number of anilines is 1. The van der Waals surface area contributed by atoms with Crippen molar-refractivity contribution in [2.75, 3.05) is 11.9 Å².